The molecule has 0 radical (unpaired) electrons. The topological polar surface area (TPSA) is 32.3 Å². The van der Waals surface area contributed by atoms with Crippen LogP contribution >= 0.6 is 0 Å². The summed E-state index contributed by atoms with van der Waals surface area (Å²) in [5, 5.41) is 3.44. The van der Waals surface area contributed by atoms with Crippen molar-refractivity contribution in [2.45, 2.75) is 59.8 Å². The van der Waals surface area contributed by atoms with Gasteiger partial charge in [0.05, 0.1) is 0 Å². The summed E-state index contributed by atoms with van der Waals surface area (Å²) < 4.78 is 0. The van der Waals surface area contributed by atoms with E-state index in [4.69, 9.17) is 0 Å². The zero-order chi connectivity index (χ0) is 14.8. The van der Waals surface area contributed by atoms with Crippen LogP contribution in [0.3, 0.4) is 0 Å². The molecule has 2 rings (SSSR count). The molecule has 0 unspecified atom stereocenters. The van der Waals surface area contributed by atoms with Gasteiger partial charge in [-0.05, 0) is 55.5 Å². The number of carbonyl (C=O) groups is 1. The minimum Gasteiger partial charge on any atom is -0.342 e. The number of amides is 1. The van der Waals surface area contributed by atoms with Crippen molar-refractivity contribution in [2.24, 2.45) is 16.7 Å². The van der Waals surface area contributed by atoms with E-state index in [9.17, 15) is 4.79 Å². The van der Waals surface area contributed by atoms with E-state index in [-0.39, 0.29) is 5.41 Å². The Bertz CT molecular complexity index is 343. The third-order valence-corrected chi connectivity index (χ3v) is 5.05. The van der Waals surface area contributed by atoms with Crippen molar-refractivity contribution in [1.29, 1.82) is 0 Å². The third-order valence-electron chi connectivity index (χ3n) is 5.05. The maximum atomic E-state index is 12.6. The Kier molecular flexibility index (Phi) is 4.78. The fraction of sp³-hybridized carbons (Fsp3) is 0.941. The number of hydrogen-bond acceptors (Lipinski definition) is 2. The van der Waals surface area contributed by atoms with E-state index in [0.29, 0.717) is 23.7 Å². The first-order valence-electron chi connectivity index (χ1n) is 8.31. The summed E-state index contributed by atoms with van der Waals surface area (Å²) in [6.07, 6.45) is 5.53. The average molecular weight is 280 g/mol. The van der Waals surface area contributed by atoms with Crippen molar-refractivity contribution in [1.82, 2.24) is 10.2 Å². The highest BCUT2D eigenvalue weighted by Crippen LogP contribution is 2.39. The summed E-state index contributed by atoms with van der Waals surface area (Å²) >= 11 is 0. The van der Waals surface area contributed by atoms with Crippen molar-refractivity contribution in [3.05, 3.63) is 0 Å². The van der Waals surface area contributed by atoms with Gasteiger partial charge in [-0.2, -0.15) is 0 Å². The molecule has 0 saturated carbocycles. The molecule has 3 heteroatoms. The Balaban J connectivity index is 1.88. The first-order chi connectivity index (χ1) is 9.32. The van der Waals surface area contributed by atoms with Gasteiger partial charge in [-0.3, -0.25) is 4.79 Å². The molecule has 0 aromatic heterocycles. The van der Waals surface area contributed by atoms with Gasteiger partial charge in [0.1, 0.15) is 0 Å². The van der Waals surface area contributed by atoms with E-state index in [0.717, 1.165) is 32.6 Å². The molecule has 1 N–H and O–H groups in total. The minimum absolute atomic E-state index is 0.134. The highest BCUT2D eigenvalue weighted by Gasteiger charge is 2.41. The molecule has 1 amide bonds. The van der Waals surface area contributed by atoms with Gasteiger partial charge in [0.15, 0.2) is 0 Å². The molecule has 3 nitrogen and oxygen atoms in total. The Morgan fingerprint density at radius 1 is 1.25 bits per heavy atom. The van der Waals surface area contributed by atoms with Crippen LogP contribution in [0.4, 0.5) is 0 Å². The number of likely N-dealkylation sites (tertiary alicyclic amines) is 1. The average Bonchev–Trinajstić information content (AvgIpc) is 2.72. The first-order valence-corrected chi connectivity index (χ1v) is 8.31. The summed E-state index contributed by atoms with van der Waals surface area (Å²) in [5.41, 5.74) is 0.568. The predicted octanol–water partition coefficient (Wildman–Crippen LogP) is 3.05. The van der Waals surface area contributed by atoms with Gasteiger partial charge in [0.25, 0.3) is 0 Å². The molecule has 2 aliphatic rings. The minimum atomic E-state index is 0.134. The number of nitrogens with one attached hydrogen (secondary N) is 1. The highest BCUT2D eigenvalue weighted by atomic mass is 16.2. The lowest BCUT2D eigenvalue weighted by Gasteiger charge is -2.34. The highest BCUT2D eigenvalue weighted by molar-refractivity contribution is 5.77. The normalized spacial score (nSPS) is 22.8. The predicted molar refractivity (Wildman–Crippen MR) is 83.6 cm³/mol. The zero-order valence-electron chi connectivity index (χ0n) is 13.8. The molecule has 0 atom stereocenters. The lowest BCUT2D eigenvalue weighted by atomic mass is 9.78. The SMILES string of the molecule is CC(C)CC(C)(C)CC(=O)N1CCC2(CCNCC2)C1. The van der Waals surface area contributed by atoms with Crippen LogP contribution in [0.5, 0.6) is 0 Å². The molecule has 0 aromatic rings. The smallest absolute Gasteiger partial charge is 0.223 e. The molecule has 2 heterocycles. The lowest BCUT2D eigenvalue weighted by molar-refractivity contribution is -0.133. The van der Waals surface area contributed by atoms with Gasteiger partial charge in [-0.25, -0.2) is 0 Å². The fourth-order valence-corrected chi connectivity index (χ4v) is 4.21. The van der Waals surface area contributed by atoms with Crippen LogP contribution in [-0.2, 0) is 4.79 Å². The number of rotatable bonds is 4. The number of hydrogen-bond donors (Lipinski definition) is 1. The molecular weight excluding hydrogens is 248 g/mol. The van der Waals surface area contributed by atoms with Crippen LogP contribution in [0.15, 0.2) is 0 Å². The molecular formula is C17H32N2O. The van der Waals surface area contributed by atoms with Gasteiger partial charge in [-0.1, -0.05) is 27.7 Å². The van der Waals surface area contributed by atoms with Crippen molar-refractivity contribution in [3.8, 4) is 0 Å². The summed E-state index contributed by atoms with van der Waals surface area (Å²) in [4.78, 5) is 14.7. The largest absolute Gasteiger partial charge is 0.342 e. The Hall–Kier alpha value is -0.570. The maximum absolute atomic E-state index is 12.6. The van der Waals surface area contributed by atoms with Crippen molar-refractivity contribution < 1.29 is 4.79 Å². The third kappa shape index (κ3) is 3.97. The summed E-state index contributed by atoms with van der Waals surface area (Å²) in [5.74, 6) is 1.04. The Morgan fingerprint density at radius 3 is 2.50 bits per heavy atom. The molecule has 0 aliphatic carbocycles. The lowest BCUT2D eigenvalue weighted by Crippen LogP contribution is -2.40. The van der Waals surface area contributed by atoms with E-state index >= 15 is 0 Å². The van der Waals surface area contributed by atoms with Crippen molar-refractivity contribution in [3.63, 3.8) is 0 Å². The Morgan fingerprint density at radius 2 is 1.90 bits per heavy atom. The molecule has 0 bridgehead atoms. The van der Waals surface area contributed by atoms with Crippen LogP contribution in [-0.4, -0.2) is 37.0 Å². The molecule has 116 valence electrons. The molecule has 2 aliphatic heterocycles. The van der Waals surface area contributed by atoms with Crippen LogP contribution in [0, 0.1) is 16.7 Å². The van der Waals surface area contributed by atoms with Gasteiger partial charge in [0, 0.05) is 19.5 Å². The second-order valence-corrected chi connectivity index (χ2v) is 8.25. The first kappa shape index (κ1) is 15.8. The van der Waals surface area contributed by atoms with E-state index in [1.54, 1.807) is 0 Å². The number of carbonyl (C=O) groups excluding carboxylic acids is 1. The summed E-state index contributed by atoms with van der Waals surface area (Å²) in [7, 11) is 0. The second-order valence-electron chi connectivity index (χ2n) is 8.25. The van der Waals surface area contributed by atoms with E-state index < -0.39 is 0 Å². The van der Waals surface area contributed by atoms with Crippen LogP contribution in [0.2, 0.25) is 0 Å². The maximum Gasteiger partial charge on any atom is 0.223 e. The quantitative estimate of drug-likeness (QED) is 0.858. The van der Waals surface area contributed by atoms with Crippen molar-refractivity contribution >= 4 is 5.91 Å². The van der Waals surface area contributed by atoms with Gasteiger partial charge in [0.2, 0.25) is 5.91 Å². The molecule has 2 saturated heterocycles. The number of nitrogens with zero attached hydrogens (tertiary/aromatic N) is 1. The van der Waals surface area contributed by atoms with Crippen LogP contribution in [0.25, 0.3) is 0 Å². The molecule has 0 aromatic carbocycles. The van der Waals surface area contributed by atoms with Crippen LogP contribution < -0.4 is 5.32 Å². The van der Waals surface area contributed by atoms with Gasteiger partial charge in [-0.15, -0.1) is 0 Å². The fourth-order valence-electron chi connectivity index (χ4n) is 4.21. The van der Waals surface area contributed by atoms with Crippen molar-refractivity contribution in [2.75, 3.05) is 26.2 Å². The molecule has 2 fully saturated rings. The monoisotopic (exact) mass is 280 g/mol. The Labute approximate surface area is 124 Å². The number of piperidine rings is 1. The van der Waals surface area contributed by atoms with Gasteiger partial charge >= 0.3 is 0 Å². The van der Waals surface area contributed by atoms with E-state index in [1.165, 1.54) is 19.3 Å². The summed E-state index contributed by atoms with van der Waals surface area (Å²) in [6, 6.07) is 0. The van der Waals surface area contributed by atoms with Gasteiger partial charge < -0.3 is 10.2 Å². The summed E-state index contributed by atoms with van der Waals surface area (Å²) in [6.45, 7) is 13.2. The van der Waals surface area contributed by atoms with Crippen LogP contribution in [0.1, 0.15) is 59.8 Å². The standard InChI is InChI=1S/C17H32N2O/c1-14(2)11-16(3,4)12-15(20)19-10-7-17(13-19)5-8-18-9-6-17/h14,18H,5-13H2,1-4H3. The van der Waals surface area contributed by atoms with E-state index in [1.807, 2.05) is 0 Å². The molecule has 20 heavy (non-hydrogen) atoms. The zero-order valence-corrected chi connectivity index (χ0v) is 13.8. The van der Waals surface area contributed by atoms with E-state index in [2.05, 4.69) is 37.9 Å². The second kappa shape index (κ2) is 6.05. The molecule has 1 spiro atoms.